The average molecular weight is 215 g/mol. The highest BCUT2D eigenvalue weighted by atomic mass is 15.2. The number of benzene rings is 1. The van der Waals surface area contributed by atoms with Gasteiger partial charge in [0.1, 0.15) is 0 Å². The van der Waals surface area contributed by atoms with E-state index in [4.69, 9.17) is 0 Å². The van der Waals surface area contributed by atoms with E-state index in [9.17, 15) is 0 Å². The summed E-state index contributed by atoms with van der Waals surface area (Å²) in [6.07, 6.45) is 0. The van der Waals surface area contributed by atoms with E-state index in [0.717, 1.165) is 17.9 Å². The summed E-state index contributed by atoms with van der Waals surface area (Å²) >= 11 is 0. The van der Waals surface area contributed by atoms with Gasteiger partial charge in [0.25, 0.3) is 0 Å². The van der Waals surface area contributed by atoms with Gasteiger partial charge in [-0.2, -0.15) is 5.10 Å². The van der Waals surface area contributed by atoms with Crippen LogP contribution in [0.4, 0.5) is 0 Å². The predicted octanol–water partition coefficient (Wildman–Crippen LogP) is 2.45. The molecule has 1 heterocycles. The van der Waals surface area contributed by atoms with Crippen molar-refractivity contribution in [1.82, 2.24) is 15.1 Å². The van der Waals surface area contributed by atoms with Crippen molar-refractivity contribution in [2.24, 2.45) is 0 Å². The van der Waals surface area contributed by atoms with Gasteiger partial charge in [-0.25, -0.2) is 0 Å². The second kappa shape index (κ2) is 4.49. The Hall–Kier alpha value is -1.61. The molecule has 84 valence electrons. The van der Waals surface area contributed by atoms with E-state index in [0.29, 0.717) is 0 Å². The molecule has 0 saturated heterocycles. The highest BCUT2D eigenvalue weighted by Crippen LogP contribution is 2.18. The number of hydrogen-bond donors (Lipinski definition) is 1. The van der Waals surface area contributed by atoms with Crippen LogP contribution >= 0.6 is 0 Å². The Bertz CT molecular complexity index is 472. The number of hydrogen-bond acceptors (Lipinski definition) is 2. The zero-order valence-corrected chi connectivity index (χ0v) is 9.99. The molecule has 1 aromatic heterocycles. The summed E-state index contributed by atoms with van der Waals surface area (Å²) in [4.78, 5) is 2.12. The summed E-state index contributed by atoms with van der Waals surface area (Å²) in [6, 6.07) is 10.5. The first kappa shape index (κ1) is 10.9. The molecule has 0 spiro atoms. The zero-order chi connectivity index (χ0) is 11.5. The Morgan fingerprint density at radius 2 is 2.06 bits per heavy atom. The molecule has 0 saturated carbocycles. The van der Waals surface area contributed by atoms with Crippen molar-refractivity contribution in [3.63, 3.8) is 0 Å². The lowest BCUT2D eigenvalue weighted by Gasteiger charge is -2.05. The number of aromatic amines is 1. The van der Waals surface area contributed by atoms with Gasteiger partial charge in [0.15, 0.2) is 0 Å². The van der Waals surface area contributed by atoms with E-state index in [1.807, 2.05) is 14.1 Å². The second-order valence-electron chi connectivity index (χ2n) is 4.39. The maximum atomic E-state index is 4.33. The minimum Gasteiger partial charge on any atom is -0.304 e. The molecule has 3 nitrogen and oxygen atoms in total. The number of rotatable bonds is 3. The molecule has 0 fully saturated rings. The Kier molecular flexibility index (Phi) is 3.06. The van der Waals surface area contributed by atoms with Gasteiger partial charge in [0.05, 0.1) is 5.69 Å². The molecule has 0 aliphatic carbocycles. The summed E-state index contributed by atoms with van der Waals surface area (Å²) < 4.78 is 0. The Morgan fingerprint density at radius 3 is 2.75 bits per heavy atom. The highest BCUT2D eigenvalue weighted by Gasteiger charge is 2.04. The van der Waals surface area contributed by atoms with Crippen LogP contribution < -0.4 is 0 Å². The number of aromatic nitrogens is 2. The molecule has 0 aliphatic heterocycles. The highest BCUT2D eigenvalue weighted by molar-refractivity contribution is 5.60. The lowest BCUT2D eigenvalue weighted by Crippen LogP contribution is -2.10. The fraction of sp³-hybridized carbons (Fsp3) is 0.308. The fourth-order valence-electron chi connectivity index (χ4n) is 1.74. The molecule has 2 rings (SSSR count). The average Bonchev–Trinajstić information content (AvgIpc) is 2.65. The van der Waals surface area contributed by atoms with Gasteiger partial charge in [-0.3, -0.25) is 5.10 Å². The quantitative estimate of drug-likeness (QED) is 0.852. The molecule has 1 N–H and O–H groups in total. The van der Waals surface area contributed by atoms with Crippen LogP contribution in [0.25, 0.3) is 11.3 Å². The summed E-state index contributed by atoms with van der Waals surface area (Å²) in [6.45, 7) is 2.98. The number of H-pyrrole nitrogens is 1. The molecular weight excluding hydrogens is 198 g/mol. The minimum atomic E-state index is 0.888. The van der Waals surface area contributed by atoms with Crippen LogP contribution in [-0.4, -0.2) is 29.2 Å². The molecule has 16 heavy (non-hydrogen) atoms. The topological polar surface area (TPSA) is 31.9 Å². The van der Waals surface area contributed by atoms with Crippen molar-refractivity contribution in [3.05, 3.63) is 41.6 Å². The lowest BCUT2D eigenvalue weighted by atomic mass is 10.1. The molecule has 0 unspecified atom stereocenters. The van der Waals surface area contributed by atoms with Gasteiger partial charge in [-0.05, 0) is 33.2 Å². The largest absolute Gasteiger partial charge is 0.304 e. The number of nitrogens with zero attached hydrogens (tertiary/aromatic N) is 2. The summed E-state index contributed by atoms with van der Waals surface area (Å²) in [5.74, 6) is 0. The molecule has 3 heteroatoms. The van der Waals surface area contributed by atoms with E-state index in [1.54, 1.807) is 0 Å². The molecule has 0 amide bonds. The Labute approximate surface area is 96.1 Å². The maximum Gasteiger partial charge on any atom is 0.0924 e. The SMILES string of the molecule is Cc1cccc(-c2cc(CN(C)C)[nH]n2)c1. The number of aryl methyl sites for hydroxylation is 1. The van der Waals surface area contributed by atoms with Crippen molar-refractivity contribution < 1.29 is 0 Å². The lowest BCUT2D eigenvalue weighted by molar-refractivity contribution is 0.396. The van der Waals surface area contributed by atoms with Crippen LogP contribution in [-0.2, 0) is 6.54 Å². The van der Waals surface area contributed by atoms with E-state index in [-0.39, 0.29) is 0 Å². The van der Waals surface area contributed by atoms with Crippen molar-refractivity contribution in [1.29, 1.82) is 0 Å². The Morgan fingerprint density at radius 1 is 1.25 bits per heavy atom. The van der Waals surface area contributed by atoms with E-state index < -0.39 is 0 Å². The van der Waals surface area contributed by atoms with Crippen LogP contribution in [0.2, 0.25) is 0 Å². The molecular formula is C13H17N3. The maximum absolute atomic E-state index is 4.33. The van der Waals surface area contributed by atoms with Crippen molar-refractivity contribution >= 4 is 0 Å². The van der Waals surface area contributed by atoms with Gasteiger partial charge in [0, 0.05) is 17.8 Å². The number of nitrogens with one attached hydrogen (secondary N) is 1. The Balaban J connectivity index is 2.24. The van der Waals surface area contributed by atoms with Gasteiger partial charge >= 0.3 is 0 Å². The predicted molar refractivity (Wildman–Crippen MR) is 66.2 cm³/mol. The first-order chi connectivity index (χ1) is 7.65. The molecule has 0 radical (unpaired) electrons. The molecule has 0 bridgehead atoms. The van der Waals surface area contributed by atoms with E-state index >= 15 is 0 Å². The molecule has 2 aromatic rings. The second-order valence-corrected chi connectivity index (χ2v) is 4.39. The third-order valence-corrected chi connectivity index (χ3v) is 2.43. The van der Waals surface area contributed by atoms with E-state index in [1.165, 1.54) is 11.1 Å². The van der Waals surface area contributed by atoms with Crippen molar-refractivity contribution in [3.8, 4) is 11.3 Å². The zero-order valence-electron chi connectivity index (χ0n) is 9.99. The van der Waals surface area contributed by atoms with Crippen LogP contribution in [0.3, 0.4) is 0 Å². The van der Waals surface area contributed by atoms with Gasteiger partial charge in [-0.1, -0.05) is 23.8 Å². The van der Waals surface area contributed by atoms with E-state index in [2.05, 4.69) is 52.4 Å². The normalized spacial score (nSPS) is 11.0. The fourth-order valence-corrected chi connectivity index (χ4v) is 1.74. The van der Waals surface area contributed by atoms with Crippen molar-refractivity contribution in [2.75, 3.05) is 14.1 Å². The van der Waals surface area contributed by atoms with Crippen LogP contribution in [0.1, 0.15) is 11.3 Å². The van der Waals surface area contributed by atoms with Crippen molar-refractivity contribution in [2.45, 2.75) is 13.5 Å². The monoisotopic (exact) mass is 215 g/mol. The summed E-state index contributed by atoms with van der Waals surface area (Å²) in [5, 5.41) is 7.39. The third-order valence-electron chi connectivity index (χ3n) is 2.43. The first-order valence-electron chi connectivity index (χ1n) is 5.41. The van der Waals surface area contributed by atoms with Crippen LogP contribution in [0.15, 0.2) is 30.3 Å². The van der Waals surface area contributed by atoms with Crippen LogP contribution in [0, 0.1) is 6.92 Å². The van der Waals surface area contributed by atoms with Crippen LogP contribution in [0.5, 0.6) is 0 Å². The standard InChI is InChI=1S/C13H17N3/c1-10-5-4-6-11(7-10)13-8-12(14-15-13)9-16(2)3/h4-8H,9H2,1-3H3,(H,14,15). The smallest absolute Gasteiger partial charge is 0.0924 e. The minimum absolute atomic E-state index is 0.888. The first-order valence-corrected chi connectivity index (χ1v) is 5.41. The molecule has 0 aliphatic rings. The van der Waals surface area contributed by atoms with Gasteiger partial charge in [0.2, 0.25) is 0 Å². The molecule has 0 atom stereocenters. The van der Waals surface area contributed by atoms with Gasteiger partial charge in [-0.15, -0.1) is 0 Å². The van der Waals surface area contributed by atoms with Gasteiger partial charge < -0.3 is 4.90 Å². The third kappa shape index (κ3) is 2.49. The summed E-state index contributed by atoms with van der Waals surface area (Å²) in [7, 11) is 4.10. The molecule has 1 aromatic carbocycles. The summed E-state index contributed by atoms with van der Waals surface area (Å²) in [5.41, 5.74) is 4.58.